The van der Waals surface area contributed by atoms with Crippen molar-refractivity contribution in [3.05, 3.63) is 11.6 Å². The summed E-state index contributed by atoms with van der Waals surface area (Å²) in [6.07, 6.45) is 8.94. The predicted molar refractivity (Wildman–Crippen MR) is 75.9 cm³/mol. The molecule has 4 heteroatoms. The molecule has 0 spiro atoms. The van der Waals surface area contributed by atoms with Gasteiger partial charge in [0.2, 0.25) is 0 Å². The fourth-order valence-electron chi connectivity index (χ4n) is 2.57. The molecule has 0 bridgehead atoms. The Morgan fingerprint density at radius 1 is 1.32 bits per heavy atom. The third kappa shape index (κ3) is 5.74. The molecule has 0 unspecified atom stereocenters. The SMILES string of the molecule is CCC(=CCNCC1(O)CCCCCC1)C(=O)OC. The van der Waals surface area contributed by atoms with Gasteiger partial charge in [-0.3, -0.25) is 0 Å². The van der Waals surface area contributed by atoms with E-state index in [9.17, 15) is 9.90 Å². The van der Waals surface area contributed by atoms with Crippen LogP contribution in [-0.4, -0.2) is 36.9 Å². The number of hydrogen-bond donors (Lipinski definition) is 2. The zero-order valence-electron chi connectivity index (χ0n) is 12.2. The van der Waals surface area contributed by atoms with Crippen LogP contribution >= 0.6 is 0 Å². The first-order valence-corrected chi connectivity index (χ1v) is 7.32. The smallest absolute Gasteiger partial charge is 0.333 e. The molecule has 0 heterocycles. The Bertz CT molecular complexity index is 305. The van der Waals surface area contributed by atoms with Crippen LogP contribution in [0.2, 0.25) is 0 Å². The average molecular weight is 269 g/mol. The van der Waals surface area contributed by atoms with Gasteiger partial charge in [-0.2, -0.15) is 0 Å². The van der Waals surface area contributed by atoms with Crippen molar-refractivity contribution >= 4 is 5.97 Å². The Morgan fingerprint density at radius 3 is 2.47 bits per heavy atom. The minimum atomic E-state index is -0.567. The van der Waals surface area contributed by atoms with Crippen molar-refractivity contribution in [2.45, 2.75) is 57.5 Å². The molecule has 1 fully saturated rings. The summed E-state index contributed by atoms with van der Waals surface area (Å²) in [5.74, 6) is -0.266. The standard InChI is InChI=1S/C15H27NO3/c1-3-13(14(17)19-2)8-11-16-12-15(18)9-6-4-5-7-10-15/h8,16,18H,3-7,9-12H2,1-2H3. The summed E-state index contributed by atoms with van der Waals surface area (Å²) in [5, 5.41) is 13.7. The van der Waals surface area contributed by atoms with Gasteiger partial charge in [0.15, 0.2) is 0 Å². The quantitative estimate of drug-likeness (QED) is 0.336. The molecule has 0 aromatic carbocycles. The summed E-state index contributed by atoms with van der Waals surface area (Å²) in [7, 11) is 1.40. The van der Waals surface area contributed by atoms with Crippen LogP contribution in [0.1, 0.15) is 51.9 Å². The zero-order valence-corrected chi connectivity index (χ0v) is 12.2. The van der Waals surface area contributed by atoms with E-state index >= 15 is 0 Å². The van der Waals surface area contributed by atoms with Gasteiger partial charge in [0.25, 0.3) is 0 Å². The van der Waals surface area contributed by atoms with Crippen LogP contribution in [0.4, 0.5) is 0 Å². The lowest BCUT2D eigenvalue weighted by atomic mass is 9.94. The lowest BCUT2D eigenvalue weighted by Crippen LogP contribution is -2.40. The van der Waals surface area contributed by atoms with E-state index in [-0.39, 0.29) is 5.97 Å². The third-order valence-electron chi connectivity index (χ3n) is 3.81. The topological polar surface area (TPSA) is 58.6 Å². The fourth-order valence-corrected chi connectivity index (χ4v) is 2.57. The monoisotopic (exact) mass is 269 g/mol. The Balaban J connectivity index is 2.36. The van der Waals surface area contributed by atoms with Crippen LogP contribution < -0.4 is 5.32 Å². The normalized spacial score (nSPS) is 19.8. The van der Waals surface area contributed by atoms with Gasteiger partial charge < -0.3 is 15.2 Å². The number of rotatable bonds is 6. The van der Waals surface area contributed by atoms with Crippen LogP contribution in [0.5, 0.6) is 0 Å². The van der Waals surface area contributed by atoms with Gasteiger partial charge in [-0.25, -0.2) is 4.79 Å². The Kier molecular flexibility index (Phi) is 7.10. The van der Waals surface area contributed by atoms with Gasteiger partial charge in [0.1, 0.15) is 0 Å². The molecule has 110 valence electrons. The molecule has 2 N–H and O–H groups in total. The molecular weight excluding hydrogens is 242 g/mol. The van der Waals surface area contributed by atoms with Crippen molar-refractivity contribution in [1.82, 2.24) is 5.32 Å². The third-order valence-corrected chi connectivity index (χ3v) is 3.81. The van der Waals surface area contributed by atoms with Crippen LogP contribution in [0, 0.1) is 0 Å². The molecule has 19 heavy (non-hydrogen) atoms. The first kappa shape index (κ1) is 16.2. The van der Waals surface area contributed by atoms with Gasteiger partial charge in [-0.15, -0.1) is 0 Å². The second-order valence-corrected chi connectivity index (χ2v) is 5.34. The van der Waals surface area contributed by atoms with Gasteiger partial charge >= 0.3 is 5.97 Å². The highest BCUT2D eigenvalue weighted by Gasteiger charge is 2.27. The molecule has 0 atom stereocenters. The summed E-state index contributed by atoms with van der Waals surface area (Å²) in [5.41, 5.74) is 0.116. The molecule has 0 aliphatic heterocycles. The molecule has 0 aromatic heterocycles. The minimum Gasteiger partial charge on any atom is -0.466 e. The van der Waals surface area contributed by atoms with E-state index in [2.05, 4.69) is 5.32 Å². The maximum Gasteiger partial charge on any atom is 0.333 e. The number of carbonyl (C=O) groups is 1. The lowest BCUT2D eigenvalue weighted by Gasteiger charge is -2.26. The second kappa shape index (κ2) is 8.33. The average Bonchev–Trinajstić information content (AvgIpc) is 2.63. The van der Waals surface area contributed by atoms with E-state index < -0.39 is 5.60 Å². The van der Waals surface area contributed by atoms with E-state index in [1.165, 1.54) is 20.0 Å². The molecule has 0 saturated heterocycles. The molecule has 0 radical (unpaired) electrons. The molecule has 1 aliphatic carbocycles. The largest absolute Gasteiger partial charge is 0.466 e. The maximum absolute atomic E-state index is 11.4. The summed E-state index contributed by atoms with van der Waals surface area (Å²) < 4.78 is 4.70. The number of methoxy groups -OCH3 is 1. The highest BCUT2D eigenvalue weighted by Crippen LogP contribution is 2.26. The molecule has 1 rings (SSSR count). The van der Waals surface area contributed by atoms with E-state index in [1.54, 1.807) is 0 Å². The van der Waals surface area contributed by atoms with Crippen molar-refractivity contribution < 1.29 is 14.6 Å². The Morgan fingerprint density at radius 2 is 1.95 bits per heavy atom. The van der Waals surface area contributed by atoms with Crippen molar-refractivity contribution in [1.29, 1.82) is 0 Å². The van der Waals surface area contributed by atoms with Gasteiger partial charge in [-0.05, 0) is 19.3 Å². The van der Waals surface area contributed by atoms with Crippen LogP contribution in [0.15, 0.2) is 11.6 Å². The number of hydrogen-bond acceptors (Lipinski definition) is 4. The minimum absolute atomic E-state index is 0.266. The summed E-state index contributed by atoms with van der Waals surface area (Å²) in [6.45, 7) is 3.13. The lowest BCUT2D eigenvalue weighted by molar-refractivity contribution is -0.136. The van der Waals surface area contributed by atoms with E-state index in [0.29, 0.717) is 25.1 Å². The molecule has 1 aliphatic rings. The number of nitrogens with one attached hydrogen (secondary N) is 1. The first-order chi connectivity index (χ1) is 9.11. The van der Waals surface area contributed by atoms with Crippen LogP contribution in [0.25, 0.3) is 0 Å². The Hall–Kier alpha value is -0.870. The summed E-state index contributed by atoms with van der Waals surface area (Å²) in [4.78, 5) is 11.4. The molecule has 4 nitrogen and oxygen atoms in total. The summed E-state index contributed by atoms with van der Waals surface area (Å²) in [6, 6.07) is 0. The van der Waals surface area contributed by atoms with Crippen molar-refractivity contribution in [3.63, 3.8) is 0 Å². The van der Waals surface area contributed by atoms with E-state index in [0.717, 1.165) is 25.7 Å². The predicted octanol–water partition coefficient (Wildman–Crippen LogP) is 2.17. The van der Waals surface area contributed by atoms with E-state index in [1.807, 2.05) is 13.0 Å². The molecule has 0 amide bonds. The molecular formula is C15H27NO3. The van der Waals surface area contributed by atoms with Gasteiger partial charge in [0, 0.05) is 18.7 Å². The highest BCUT2D eigenvalue weighted by atomic mass is 16.5. The van der Waals surface area contributed by atoms with Crippen molar-refractivity contribution in [2.75, 3.05) is 20.2 Å². The van der Waals surface area contributed by atoms with Crippen molar-refractivity contribution in [2.24, 2.45) is 0 Å². The second-order valence-electron chi connectivity index (χ2n) is 5.34. The molecule has 0 aromatic rings. The fraction of sp³-hybridized carbons (Fsp3) is 0.800. The first-order valence-electron chi connectivity index (χ1n) is 7.32. The number of esters is 1. The Labute approximate surface area is 116 Å². The summed E-state index contributed by atoms with van der Waals surface area (Å²) >= 11 is 0. The van der Waals surface area contributed by atoms with Crippen LogP contribution in [-0.2, 0) is 9.53 Å². The molecule has 1 saturated carbocycles. The number of aliphatic hydroxyl groups is 1. The highest BCUT2D eigenvalue weighted by molar-refractivity contribution is 5.88. The maximum atomic E-state index is 11.4. The van der Waals surface area contributed by atoms with Crippen molar-refractivity contribution in [3.8, 4) is 0 Å². The van der Waals surface area contributed by atoms with Gasteiger partial charge in [-0.1, -0.05) is 38.7 Å². The zero-order chi connectivity index (χ0) is 14.1. The van der Waals surface area contributed by atoms with Gasteiger partial charge in [0.05, 0.1) is 12.7 Å². The van der Waals surface area contributed by atoms with Crippen LogP contribution in [0.3, 0.4) is 0 Å². The number of carbonyl (C=O) groups excluding carboxylic acids is 1. The number of ether oxygens (including phenoxy) is 1. The van der Waals surface area contributed by atoms with E-state index in [4.69, 9.17) is 4.74 Å².